The number of rotatable bonds is 4. The Labute approximate surface area is 184 Å². The molecule has 0 saturated carbocycles. The second-order valence-corrected chi connectivity index (χ2v) is 9.47. The number of aromatic nitrogens is 4. The zero-order valence-electron chi connectivity index (χ0n) is 16.5. The van der Waals surface area contributed by atoms with E-state index in [1.54, 1.807) is 35.0 Å². The summed E-state index contributed by atoms with van der Waals surface area (Å²) >= 11 is 6.15. The lowest BCUT2D eigenvalue weighted by atomic mass is 10.1. The van der Waals surface area contributed by atoms with Crippen LogP contribution in [0.5, 0.6) is 0 Å². The predicted octanol–water partition coefficient (Wildman–Crippen LogP) is 2.96. The second-order valence-electron chi connectivity index (χ2n) is 7.15. The average molecular weight is 455 g/mol. The van der Waals surface area contributed by atoms with Crippen LogP contribution in [0.15, 0.2) is 72.0 Å². The van der Waals surface area contributed by atoms with Crippen LogP contribution < -0.4 is 4.90 Å². The van der Waals surface area contributed by atoms with E-state index in [1.807, 2.05) is 30.3 Å². The Bertz CT molecular complexity index is 1330. The van der Waals surface area contributed by atoms with Crippen molar-refractivity contribution in [3.8, 4) is 11.1 Å². The number of fused-ring (bicyclic) bond motifs is 1. The topological polar surface area (TPSA) is 83.7 Å². The Kier molecular flexibility index (Phi) is 5.09. The summed E-state index contributed by atoms with van der Waals surface area (Å²) in [5.74, 6) is 1.35. The summed E-state index contributed by atoms with van der Waals surface area (Å²) in [6.45, 7) is 1.67. The zero-order valence-corrected chi connectivity index (χ0v) is 18.0. The highest BCUT2D eigenvalue weighted by Crippen LogP contribution is 2.32. The molecule has 0 spiro atoms. The fraction of sp³-hybridized carbons (Fsp3) is 0.190. The predicted molar refractivity (Wildman–Crippen MR) is 119 cm³/mol. The Balaban J connectivity index is 1.48. The largest absolute Gasteiger partial charge is 0.353 e. The maximum absolute atomic E-state index is 13.1. The van der Waals surface area contributed by atoms with Crippen LogP contribution in [0.3, 0.4) is 0 Å². The minimum absolute atomic E-state index is 0.137. The molecule has 5 rings (SSSR count). The molecule has 8 nitrogen and oxygen atoms in total. The Hall–Kier alpha value is -3.01. The van der Waals surface area contributed by atoms with Gasteiger partial charge in [0.1, 0.15) is 17.0 Å². The molecule has 158 valence electrons. The Morgan fingerprint density at radius 1 is 0.871 bits per heavy atom. The highest BCUT2D eigenvalue weighted by Gasteiger charge is 2.31. The van der Waals surface area contributed by atoms with E-state index in [1.165, 1.54) is 10.6 Å². The van der Waals surface area contributed by atoms with Gasteiger partial charge in [-0.3, -0.25) is 0 Å². The number of piperazine rings is 1. The third-order valence-corrected chi connectivity index (χ3v) is 7.76. The first kappa shape index (κ1) is 19.9. The summed E-state index contributed by atoms with van der Waals surface area (Å²) in [6.07, 6.45) is 3.26. The van der Waals surface area contributed by atoms with E-state index in [-0.39, 0.29) is 9.92 Å². The third kappa shape index (κ3) is 3.54. The molecule has 0 unspecified atom stereocenters. The van der Waals surface area contributed by atoms with Crippen LogP contribution in [-0.4, -0.2) is 58.5 Å². The van der Waals surface area contributed by atoms with Crippen molar-refractivity contribution in [1.29, 1.82) is 0 Å². The number of sulfonamides is 1. The van der Waals surface area contributed by atoms with Gasteiger partial charge in [0.2, 0.25) is 10.0 Å². The lowest BCUT2D eigenvalue weighted by molar-refractivity contribution is 0.383. The third-order valence-electron chi connectivity index (χ3n) is 5.36. The maximum atomic E-state index is 13.1. The van der Waals surface area contributed by atoms with Crippen molar-refractivity contribution in [2.45, 2.75) is 4.90 Å². The fourth-order valence-corrected chi connectivity index (χ4v) is 5.74. The van der Waals surface area contributed by atoms with Crippen LogP contribution in [0.2, 0.25) is 5.02 Å². The van der Waals surface area contributed by atoms with Crippen LogP contribution in [-0.2, 0) is 10.0 Å². The molecule has 0 atom stereocenters. The van der Waals surface area contributed by atoms with E-state index in [0.717, 1.165) is 16.9 Å². The van der Waals surface area contributed by atoms with E-state index in [9.17, 15) is 8.42 Å². The van der Waals surface area contributed by atoms with Gasteiger partial charge in [0, 0.05) is 37.9 Å². The number of hydrogen-bond acceptors (Lipinski definition) is 6. The first-order valence-electron chi connectivity index (χ1n) is 9.79. The number of hydrogen-bond donors (Lipinski definition) is 0. The second kappa shape index (κ2) is 7.92. The van der Waals surface area contributed by atoms with Crippen molar-refractivity contribution in [2.75, 3.05) is 31.1 Å². The SMILES string of the molecule is O=S(=O)(c1ccccc1Cl)N1CCN(c2c(-c3ccccc3)cnc3ncnn23)CC1. The van der Waals surface area contributed by atoms with Crippen LogP contribution in [0.4, 0.5) is 5.82 Å². The van der Waals surface area contributed by atoms with E-state index < -0.39 is 10.0 Å². The van der Waals surface area contributed by atoms with Crippen molar-refractivity contribution in [3.05, 3.63) is 72.1 Å². The highest BCUT2D eigenvalue weighted by molar-refractivity contribution is 7.89. The summed E-state index contributed by atoms with van der Waals surface area (Å²) < 4.78 is 29.4. The molecule has 0 radical (unpaired) electrons. The van der Waals surface area contributed by atoms with Crippen molar-refractivity contribution in [1.82, 2.24) is 23.9 Å². The molecule has 3 heterocycles. The molecule has 1 saturated heterocycles. The van der Waals surface area contributed by atoms with Crippen molar-refractivity contribution >= 4 is 33.2 Å². The number of anilines is 1. The number of benzene rings is 2. The smallest absolute Gasteiger partial charge is 0.254 e. The molecular weight excluding hydrogens is 436 g/mol. The van der Waals surface area contributed by atoms with E-state index >= 15 is 0 Å². The monoisotopic (exact) mass is 454 g/mol. The van der Waals surface area contributed by atoms with Gasteiger partial charge in [-0.25, -0.2) is 13.4 Å². The van der Waals surface area contributed by atoms with Gasteiger partial charge >= 0.3 is 0 Å². The zero-order chi connectivity index (χ0) is 21.4. The first-order chi connectivity index (χ1) is 15.1. The lowest BCUT2D eigenvalue weighted by Crippen LogP contribution is -2.49. The molecule has 2 aromatic heterocycles. The molecule has 1 fully saturated rings. The summed E-state index contributed by atoms with van der Waals surface area (Å²) in [7, 11) is -3.66. The summed E-state index contributed by atoms with van der Waals surface area (Å²) in [4.78, 5) is 10.9. The van der Waals surface area contributed by atoms with Crippen molar-refractivity contribution < 1.29 is 8.42 Å². The number of nitrogens with zero attached hydrogens (tertiary/aromatic N) is 6. The maximum Gasteiger partial charge on any atom is 0.254 e. The molecule has 4 aromatic rings. The van der Waals surface area contributed by atoms with Crippen LogP contribution in [0, 0.1) is 0 Å². The normalized spacial score (nSPS) is 15.5. The molecule has 1 aliphatic heterocycles. The fourth-order valence-electron chi connectivity index (χ4n) is 3.83. The van der Waals surface area contributed by atoms with Gasteiger partial charge in [-0.2, -0.15) is 18.9 Å². The van der Waals surface area contributed by atoms with E-state index in [0.29, 0.717) is 32.0 Å². The molecule has 10 heteroatoms. The van der Waals surface area contributed by atoms with Crippen LogP contribution >= 0.6 is 11.6 Å². The van der Waals surface area contributed by atoms with Crippen molar-refractivity contribution in [2.24, 2.45) is 0 Å². The highest BCUT2D eigenvalue weighted by atomic mass is 35.5. The van der Waals surface area contributed by atoms with Crippen LogP contribution in [0.1, 0.15) is 0 Å². The minimum Gasteiger partial charge on any atom is -0.353 e. The van der Waals surface area contributed by atoms with Gasteiger partial charge in [-0.1, -0.05) is 54.1 Å². The Morgan fingerprint density at radius 2 is 1.58 bits per heavy atom. The summed E-state index contributed by atoms with van der Waals surface area (Å²) in [5.41, 5.74) is 1.93. The quantitative estimate of drug-likeness (QED) is 0.471. The minimum atomic E-state index is -3.66. The van der Waals surface area contributed by atoms with E-state index in [2.05, 4.69) is 20.0 Å². The standard InChI is InChI=1S/C21H19ClN6O2S/c22-18-8-4-5-9-19(18)31(29,30)27-12-10-26(11-13-27)20-17(16-6-2-1-3-7-16)14-23-21-24-15-25-28(20)21/h1-9,14-15H,10-13H2. The van der Waals surface area contributed by atoms with Gasteiger partial charge in [0.15, 0.2) is 0 Å². The molecular formula is C21H19ClN6O2S. The summed E-state index contributed by atoms with van der Waals surface area (Å²) in [5, 5.41) is 4.59. The lowest BCUT2D eigenvalue weighted by Gasteiger charge is -2.36. The van der Waals surface area contributed by atoms with Gasteiger partial charge < -0.3 is 4.90 Å². The van der Waals surface area contributed by atoms with Crippen LogP contribution in [0.25, 0.3) is 16.9 Å². The molecule has 0 aliphatic carbocycles. The van der Waals surface area contributed by atoms with Gasteiger partial charge in [0.25, 0.3) is 5.78 Å². The molecule has 1 aliphatic rings. The Morgan fingerprint density at radius 3 is 2.32 bits per heavy atom. The van der Waals surface area contributed by atoms with Gasteiger partial charge in [-0.05, 0) is 17.7 Å². The van der Waals surface area contributed by atoms with Gasteiger partial charge in [0.05, 0.1) is 5.02 Å². The molecule has 0 N–H and O–H groups in total. The summed E-state index contributed by atoms with van der Waals surface area (Å²) in [6, 6.07) is 16.5. The molecule has 2 aromatic carbocycles. The molecule has 0 bridgehead atoms. The average Bonchev–Trinajstić information content (AvgIpc) is 3.28. The first-order valence-corrected chi connectivity index (χ1v) is 11.6. The molecule has 31 heavy (non-hydrogen) atoms. The van der Waals surface area contributed by atoms with Gasteiger partial charge in [-0.15, -0.1) is 0 Å². The van der Waals surface area contributed by atoms with Crippen molar-refractivity contribution in [3.63, 3.8) is 0 Å². The van der Waals surface area contributed by atoms with E-state index in [4.69, 9.17) is 11.6 Å². The molecule has 0 amide bonds. The number of halogens is 1.